The zero-order valence-corrected chi connectivity index (χ0v) is 12.7. The topological polar surface area (TPSA) is 55.1 Å². The van der Waals surface area contributed by atoms with E-state index in [1.165, 1.54) is 0 Å². The van der Waals surface area contributed by atoms with Gasteiger partial charge in [-0.1, -0.05) is 31.5 Å². The summed E-state index contributed by atoms with van der Waals surface area (Å²) in [5.74, 6) is 0.0185. The van der Waals surface area contributed by atoms with Gasteiger partial charge in [-0.15, -0.1) is 0 Å². The molecule has 1 rings (SSSR count). The van der Waals surface area contributed by atoms with Gasteiger partial charge < -0.3 is 11.1 Å². The molecule has 3 N–H and O–H groups in total. The number of carbonyl (C=O) groups excluding carboxylic acids is 1. The normalized spacial score (nSPS) is 11.4. The Bertz CT molecular complexity index is 444. The Hall–Kier alpha value is -1.06. The molecule has 1 amide bonds. The molecule has 0 aliphatic heterocycles. The van der Waals surface area contributed by atoms with E-state index in [1.54, 1.807) is 6.07 Å². The van der Waals surface area contributed by atoms with E-state index < -0.39 is 0 Å². The number of carbonyl (C=O) groups is 1. The minimum atomic E-state index is 0.0185. The minimum absolute atomic E-state index is 0.0185. The van der Waals surface area contributed by atoms with E-state index >= 15 is 0 Å². The Morgan fingerprint density at radius 2 is 2.05 bits per heavy atom. The van der Waals surface area contributed by atoms with Crippen LogP contribution < -0.4 is 11.1 Å². The van der Waals surface area contributed by atoms with Crippen LogP contribution in [0.25, 0.3) is 0 Å². The summed E-state index contributed by atoms with van der Waals surface area (Å²) in [7, 11) is 0. The largest absolute Gasteiger partial charge is 0.330 e. The molecule has 0 aromatic heterocycles. The molecule has 0 radical (unpaired) electrons. The van der Waals surface area contributed by atoms with Crippen molar-refractivity contribution < 1.29 is 4.79 Å². The van der Waals surface area contributed by atoms with Crippen LogP contribution >= 0.6 is 11.6 Å². The van der Waals surface area contributed by atoms with E-state index in [0.717, 1.165) is 24.1 Å². The lowest BCUT2D eigenvalue weighted by Crippen LogP contribution is -2.20. The maximum absolute atomic E-state index is 11.9. The van der Waals surface area contributed by atoms with Crippen molar-refractivity contribution in [3.05, 3.63) is 28.8 Å². The van der Waals surface area contributed by atoms with Gasteiger partial charge >= 0.3 is 0 Å². The molecule has 4 heteroatoms. The molecule has 19 heavy (non-hydrogen) atoms. The highest BCUT2D eigenvalue weighted by Crippen LogP contribution is 2.26. The number of hydrogen-bond acceptors (Lipinski definition) is 2. The van der Waals surface area contributed by atoms with Crippen molar-refractivity contribution in [1.82, 2.24) is 0 Å². The van der Waals surface area contributed by atoms with E-state index in [1.807, 2.05) is 19.1 Å². The molecule has 3 nitrogen and oxygen atoms in total. The zero-order chi connectivity index (χ0) is 14.5. The maximum atomic E-state index is 11.9. The van der Waals surface area contributed by atoms with Gasteiger partial charge in [0.05, 0.1) is 0 Å². The second kappa shape index (κ2) is 6.92. The molecule has 106 valence electrons. The van der Waals surface area contributed by atoms with Crippen LogP contribution in [0.4, 0.5) is 5.69 Å². The summed E-state index contributed by atoms with van der Waals surface area (Å²) in [4.78, 5) is 11.9. The Morgan fingerprint density at radius 1 is 1.37 bits per heavy atom. The number of hydrogen-bond donors (Lipinski definition) is 2. The molecule has 0 saturated heterocycles. The first-order chi connectivity index (χ1) is 8.84. The van der Waals surface area contributed by atoms with Crippen LogP contribution in [0, 0.1) is 12.3 Å². The number of rotatable bonds is 6. The summed E-state index contributed by atoms with van der Waals surface area (Å²) >= 11 is 6.02. The number of aryl methyl sites for hydroxylation is 1. The minimum Gasteiger partial charge on any atom is -0.330 e. The van der Waals surface area contributed by atoms with E-state index in [-0.39, 0.29) is 11.3 Å². The van der Waals surface area contributed by atoms with E-state index in [2.05, 4.69) is 19.2 Å². The number of halogens is 1. The third-order valence-corrected chi connectivity index (χ3v) is 3.71. The molecule has 0 aliphatic rings. The third kappa shape index (κ3) is 5.62. The van der Waals surface area contributed by atoms with Crippen LogP contribution in [0.15, 0.2) is 18.2 Å². The van der Waals surface area contributed by atoms with Gasteiger partial charge in [-0.25, -0.2) is 0 Å². The van der Waals surface area contributed by atoms with Crippen molar-refractivity contribution in [2.75, 3.05) is 11.9 Å². The molecule has 0 unspecified atom stereocenters. The summed E-state index contributed by atoms with van der Waals surface area (Å²) in [6.07, 6.45) is 2.25. The van der Waals surface area contributed by atoms with Gasteiger partial charge in [-0.2, -0.15) is 0 Å². The number of benzene rings is 1. The second-order valence-electron chi connectivity index (χ2n) is 5.72. The fourth-order valence-corrected chi connectivity index (χ4v) is 2.04. The van der Waals surface area contributed by atoms with Gasteiger partial charge in [-0.05, 0) is 49.4 Å². The molecule has 0 spiro atoms. The second-order valence-corrected chi connectivity index (χ2v) is 6.12. The molecule has 0 atom stereocenters. The van der Waals surface area contributed by atoms with Gasteiger partial charge in [-0.3, -0.25) is 4.79 Å². The van der Waals surface area contributed by atoms with Crippen molar-refractivity contribution in [2.45, 2.75) is 40.0 Å². The average Bonchev–Trinajstić information content (AvgIpc) is 2.32. The van der Waals surface area contributed by atoms with Crippen LogP contribution in [0.5, 0.6) is 0 Å². The third-order valence-electron chi connectivity index (χ3n) is 3.31. The predicted octanol–water partition coefficient (Wildman–Crippen LogP) is 3.74. The van der Waals surface area contributed by atoms with Crippen LogP contribution in [-0.2, 0) is 4.79 Å². The number of nitrogens with two attached hydrogens (primary N) is 1. The lowest BCUT2D eigenvalue weighted by atomic mass is 9.84. The van der Waals surface area contributed by atoms with Crippen molar-refractivity contribution in [3.63, 3.8) is 0 Å². The predicted molar refractivity (Wildman–Crippen MR) is 81.5 cm³/mol. The molecule has 0 saturated carbocycles. The molecule has 0 bridgehead atoms. The molecule has 1 aromatic rings. The summed E-state index contributed by atoms with van der Waals surface area (Å²) in [6.45, 7) is 6.86. The quantitative estimate of drug-likeness (QED) is 0.835. The summed E-state index contributed by atoms with van der Waals surface area (Å²) in [5, 5.41) is 3.54. The van der Waals surface area contributed by atoms with Gasteiger partial charge in [0.15, 0.2) is 0 Å². The average molecular weight is 283 g/mol. The monoisotopic (exact) mass is 282 g/mol. The fourth-order valence-electron chi connectivity index (χ4n) is 1.86. The Labute approximate surface area is 120 Å². The number of amides is 1. The molecule has 0 aliphatic carbocycles. The highest BCUT2D eigenvalue weighted by Gasteiger charge is 2.18. The highest BCUT2D eigenvalue weighted by molar-refractivity contribution is 6.31. The summed E-state index contributed by atoms with van der Waals surface area (Å²) in [5.41, 5.74) is 7.42. The highest BCUT2D eigenvalue weighted by atomic mass is 35.5. The van der Waals surface area contributed by atoms with Crippen molar-refractivity contribution in [1.29, 1.82) is 0 Å². The van der Waals surface area contributed by atoms with Gasteiger partial charge in [0.1, 0.15) is 0 Å². The van der Waals surface area contributed by atoms with E-state index in [0.29, 0.717) is 18.0 Å². The Morgan fingerprint density at radius 3 is 2.63 bits per heavy atom. The summed E-state index contributed by atoms with van der Waals surface area (Å²) < 4.78 is 0. The first kappa shape index (κ1) is 16.0. The standard InChI is InChI=1S/C15H23ClN2O/c1-11-4-5-12(10-13(11)16)18-14(19)6-7-15(2,3)8-9-17/h4-5,10H,6-9,17H2,1-3H3,(H,18,19). The van der Waals surface area contributed by atoms with E-state index in [9.17, 15) is 4.79 Å². The first-order valence-electron chi connectivity index (χ1n) is 6.60. The SMILES string of the molecule is Cc1ccc(NC(=O)CCC(C)(C)CCN)cc1Cl. The Balaban J connectivity index is 2.49. The van der Waals surface area contributed by atoms with Crippen molar-refractivity contribution >= 4 is 23.2 Å². The van der Waals surface area contributed by atoms with Crippen LogP contribution in [0.3, 0.4) is 0 Å². The van der Waals surface area contributed by atoms with Gasteiger partial charge in [0.25, 0.3) is 0 Å². The van der Waals surface area contributed by atoms with Crippen LogP contribution in [0.1, 0.15) is 38.7 Å². The molecule has 0 fully saturated rings. The fraction of sp³-hybridized carbons (Fsp3) is 0.533. The number of nitrogens with one attached hydrogen (secondary N) is 1. The van der Waals surface area contributed by atoms with Crippen molar-refractivity contribution in [2.24, 2.45) is 11.1 Å². The van der Waals surface area contributed by atoms with Crippen LogP contribution in [0.2, 0.25) is 5.02 Å². The number of anilines is 1. The summed E-state index contributed by atoms with van der Waals surface area (Å²) in [6, 6.07) is 5.54. The smallest absolute Gasteiger partial charge is 0.224 e. The zero-order valence-electron chi connectivity index (χ0n) is 11.9. The molecule has 1 aromatic carbocycles. The Kier molecular flexibility index (Phi) is 5.83. The van der Waals surface area contributed by atoms with Gasteiger partial charge in [0, 0.05) is 17.1 Å². The first-order valence-corrected chi connectivity index (χ1v) is 6.98. The van der Waals surface area contributed by atoms with Crippen molar-refractivity contribution in [3.8, 4) is 0 Å². The lowest BCUT2D eigenvalue weighted by molar-refractivity contribution is -0.116. The molecule has 0 heterocycles. The molecular formula is C15H23ClN2O. The van der Waals surface area contributed by atoms with Gasteiger partial charge in [0.2, 0.25) is 5.91 Å². The van der Waals surface area contributed by atoms with E-state index in [4.69, 9.17) is 17.3 Å². The lowest BCUT2D eigenvalue weighted by Gasteiger charge is -2.23. The molecular weight excluding hydrogens is 260 g/mol. The maximum Gasteiger partial charge on any atom is 0.224 e. The van der Waals surface area contributed by atoms with Crippen LogP contribution in [-0.4, -0.2) is 12.5 Å².